The Hall–Kier alpha value is -3.30. The smallest absolute Gasteiger partial charge is 0.326 e. The Morgan fingerprint density at radius 3 is 1.79 bits per heavy atom. The zero-order valence-corrected chi connectivity index (χ0v) is 18.1. The molecule has 0 spiro atoms. The number of carboxylic acid groups (broad SMARTS) is 1. The van der Waals surface area contributed by atoms with E-state index in [4.69, 9.17) is 22.9 Å². The van der Waals surface area contributed by atoms with Gasteiger partial charge in [-0.05, 0) is 32.2 Å². The largest absolute Gasteiger partial charge is 0.480 e. The number of nitrogens with one attached hydrogen (secondary N) is 3. The molecule has 0 radical (unpaired) electrons. The third-order valence-electron chi connectivity index (χ3n) is 4.45. The summed E-state index contributed by atoms with van der Waals surface area (Å²) in [5, 5.41) is 25.2. The number of aliphatic carboxylic acids is 1. The minimum atomic E-state index is -1.57. The molecule has 0 bridgehead atoms. The Bertz CT molecular complexity index is 718. The summed E-state index contributed by atoms with van der Waals surface area (Å²) < 4.78 is 0. The molecule has 5 amide bonds. The summed E-state index contributed by atoms with van der Waals surface area (Å²) >= 11 is 0. The van der Waals surface area contributed by atoms with Crippen LogP contribution in [0.25, 0.3) is 0 Å². The molecule has 0 fully saturated rings. The van der Waals surface area contributed by atoms with Gasteiger partial charge in [0, 0.05) is 6.42 Å². The highest BCUT2D eigenvalue weighted by Gasteiger charge is 2.31. The molecule has 15 nitrogen and oxygen atoms in total. The maximum atomic E-state index is 12.5. The van der Waals surface area contributed by atoms with Crippen molar-refractivity contribution in [2.45, 2.75) is 62.7 Å². The fraction of sp³-hybridized carbons (Fsp3) is 0.667. The van der Waals surface area contributed by atoms with E-state index >= 15 is 0 Å². The first-order valence-electron chi connectivity index (χ1n) is 10.2. The van der Waals surface area contributed by atoms with Crippen LogP contribution in [-0.4, -0.2) is 83.0 Å². The van der Waals surface area contributed by atoms with Crippen molar-refractivity contribution in [3.63, 3.8) is 0 Å². The van der Waals surface area contributed by atoms with Crippen molar-refractivity contribution in [3.05, 3.63) is 0 Å². The average Bonchev–Trinajstić information content (AvgIpc) is 2.73. The van der Waals surface area contributed by atoms with Gasteiger partial charge in [0.25, 0.3) is 0 Å². The molecule has 0 aliphatic rings. The van der Waals surface area contributed by atoms with Crippen molar-refractivity contribution in [3.8, 4) is 0 Å². The molecule has 0 aromatic rings. The number of carbonyl (C=O) groups excluding carboxylic acids is 5. The quantitative estimate of drug-likeness (QED) is 0.0903. The third kappa shape index (κ3) is 12.4. The number of amides is 5. The van der Waals surface area contributed by atoms with E-state index in [2.05, 4.69) is 16.0 Å². The zero-order valence-electron chi connectivity index (χ0n) is 18.1. The molecule has 0 heterocycles. The summed E-state index contributed by atoms with van der Waals surface area (Å²) in [4.78, 5) is 70.6. The molecule has 0 saturated carbocycles. The van der Waals surface area contributed by atoms with Crippen molar-refractivity contribution in [1.82, 2.24) is 16.0 Å². The highest BCUT2D eigenvalue weighted by molar-refractivity contribution is 5.96. The van der Waals surface area contributed by atoms with Crippen LogP contribution < -0.4 is 38.9 Å². The van der Waals surface area contributed by atoms with E-state index in [9.17, 15) is 39.0 Å². The van der Waals surface area contributed by atoms with Crippen LogP contribution >= 0.6 is 0 Å². The number of aliphatic hydroxyl groups excluding tert-OH is 1. The van der Waals surface area contributed by atoms with Gasteiger partial charge in [-0.25, -0.2) is 4.79 Å². The van der Waals surface area contributed by atoms with Crippen LogP contribution in [0.4, 0.5) is 0 Å². The van der Waals surface area contributed by atoms with E-state index in [0.29, 0.717) is 19.4 Å². The van der Waals surface area contributed by atoms with Crippen LogP contribution in [0.15, 0.2) is 0 Å². The van der Waals surface area contributed by atoms with Crippen molar-refractivity contribution >= 4 is 35.5 Å². The molecular formula is C18H33N7O8. The molecule has 0 aromatic heterocycles. The summed E-state index contributed by atoms with van der Waals surface area (Å²) in [6.45, 7) is -0.553. The van der Waals surface area contributed by atoms with Gasteiger partial charge in [0.15, 0.2) is 0 Å². The van der Waals surface area contributed by atoms with Crippen LogP contribution in [0.2, 0.25) is 0 Å². The highest BCUT2D eigenvalue weighted by Crippen LogP contribution is 2.03. The number of unbranched alkanes of at least 4 members (excludes halogenated alkanes) is 1. The summed E-state index contributed by atoms with van der Waals surface area (Å²) in [5.74, 6) is -5.89. The van der Waals surface area contributed by atoms with Gasteiger partial charge in [0.05, 0.1) is 19.1 Å². The minimum Gasteiger partial charge on any atom is -0.480 e. The Balaban J connectivity index is 5.20. The topological polar surface area (TPSA) is 283 Å². The van der Waals surface area contributed by atoms with E-state index in [0.717, 1.165) is 0 Å². The normalized spacial score (nSPS) is 14.3. The third-order valence-corrected chi connectivity index (χ3v) is 4.45. The predicted octanol–water partition coefficient (Wildman–Crippen LogP) is -4.89. The molecule has 188 valence electrons. The first-order valence-corrected chi connectivity index (χ1v) is 10.2. The summed E-state index contributed by atoms with van der Waals surface area (Å²) in [6.07, 6.45) is 0.0521. The van der Waals surface area contributed by atoms with Gasteiger partial charge in [-0.1, -0.05) is 0 Å². The van der Waals surface area contributed by atoms with E-state index < -0.39 is 72.7 Å². The average molecular weight is 476 g/mol. The van der Waals surface area contributed by atoms with E-state index in [1.807, 2.05) is 0 Å². The molecule has 0 aromatic carbocycles. The molecule has 0 rings (SSSR count). The minimum absolute atomic E-state index is 0.0635. The molecule has 4 atom stereocenters. The summed E-state index contributed by atoms with van der Waals surface area (Å²) in [7, 11) is 0. The molecule has 33 heavy (non-hydrogen) atoms. The van der Waals surface area contributed by atoms with Gasteiger partial charge in [-0.3, -0.25) is 24.0 Å². The van der Waals surface area contributed by atoms with Gasteiger partial charge >= 0.3 is 5.97 Å². The van der Waals surface area contributed by atoms with Crippen LogP contribution in [0.3, 0.4) is 0 Å². The Labute approximate surface area is 190 Å². The monoisotopic (exact) mass is 475 g/mol. The summed E-state index contributed by atoms with van der Waals surface area (Å²) in [6, 6.07) is -5.62. The second-order valence-corrected chi connectivity index (χ2v) is 7.27. The first kappa shape index (κ1) is 29.7. The van der Waals surface area contributed by atoms with Gasteiger partial charge in [-0.2, -0.15) is 0 Å². The fourth-order valence-corrected chi connectivity index (χ4v) is 2.61. The molecule has 0 saturated heterocycles. The van der Waals surface area contributed by atoms with E-state index in [1.165, 1.54) is 0 Å². The maximum absolute atomic E-state index is 12.5. The molecule has 15 heteroatoms. The van der Waals surface area contributed by atoms with Gasteiger partial charge in [0.1, 0.15) is 18.1 Å². The first-order chi connectivity index (χ1) is 15.4. The number of primary amides is 2. The van der Waals surface area contributed by atoms with Crippen molar-refractivity contribution < 1.29 is 39.0 Å². The molecular weight excluding hydrogens is 442 g/mol. The number of hydrogen-bond donors (Lipinski definition) is 9. The number of rotatable bonds is 17. The highest BCUT2D eigenvalue weighted by atomic mass is 16.4. The molecule has 13 N–H and O–H groups in total. The van der Waals surface area contributed by atoms with E-state index in [1.54, 1.807) is 0 Å². The van der Waals surface area contributed by atoms with Gasteiger partial charge in [-0.15, -0.1) is 0 Å². The van der Waals surface area contributed by atoms with Crippen molar-refractivity contribution in [2.24, 2.45) is 22.9 Å². The molecule has 0 aliphatic carbocycles. The van der Waals surface area contributed by atoms with Gasteiger partial charge in [0.2, 0.25) is 29.5 Å². The lowest BCUT2D eigenvalue weighted by Gasteiger charge is -2.24. The molecule has 4 unspecified atom stereocenters. The number of aliphatic hydroxyl groups is 1. The maximum Gasteiger partial charge on any atom is 0.326 e. The second kappa shape index (κ2) is 15.5. The van der Waals surface area contributed by atoms with Gasteiger partial charge < -0.3 is 49.1 Å². The number of hydrogen-bond acceptors (Lipinski definition) is 9. The Morgan fingerprint density at radius 2 is 1.30 bits per heavy atom. The lowest BCUT2D eigenvalue weighted by molar-refractivity contribution is -0.142. The Kier molecular flexibility index (Phi) is 13.9. The van der Waals surface area contributed by atoms with Crippen molar-refractivity contribution in [2.75, 3.05) is 13.2 Å². The second-order valence-electron chi connectivity index (χ2n) is 7.27. The molecule has 0 aliphatic heterocycles. The van der Waals surface area contributed by atoms with Crippen LogP contribution in [0.1, 0.15) is 38.5 Å². The van der Waals surface area contributed by atoms with Crippen LogP contribution in [0, 0.1) is 0 Å². The summed E-state index contributed by atoms with van der Waals surface area (Å²) in [5.41, 5.74) is 21.0. The van der Waals surface area contributed by atoms with E-state index in [-0.39, 0.29) is 19.3 Å². The standard InChI is InChI=1S/C18H33N7O8/c19-6-2-1-3-10(18(32)33)23-16(30)11(7-14(22)28)24-17(31)12(8-26)25-15(29)9(20)4-5-13(21)27/h9-12,26H,1-8,19-20H2,(H2,21,27)(H2,22,28)(H,23,30)(H,24,31)(H,25,29)(H,32,33). The van der Waals surface area contributed by atoms with Crippen LogP contribution in [0.5, 0.6) is 0 Å². The number of carbonyl (C=O) groups is 6. The zero-order chi connectivity index (χ0) is 25.6. The predicted molar refractivity (Wildman–Crippen MR) is 114 cm³/mol. The SMILES string of the molecule is NCCCCC(NC(=O)C(CC(N)=O)NC(=O)C(CO)NC(=O)C(N)CCC(N)=O)C(=O)O. The van der Waals surface area contributed by atoms with Crippen LogP contribution in [-0.2, 0) is 28.8 Å². The lowest BCUT2D eigenvalue weighted by Crippen LogP contribution is -2.58. The number of nitrogens with two attached hydrogens (primary N) is 4. The Morgan fingerprint density at radius 1 is 0.758 bits per heavy atom. The fourth-order valence-electron chi connectivity index (χ4n) is 2.61. The number of carboxylic acids is 1. The van der Waals surface area contributed by atoms with Crippen molar-refractivity contribution in [1.29, 1.82) is 0 Å². The lowest BCUT2D eigenvalue weighted by atomic mass is 10.1.